The minimum Gasteiger partial charge on any atom is -0.327 e. The Labute approximate surface area is 101 Å². The number of rotatable bonds is 3. The van der Waals surface area contributed by atoms with E-state index >= 15 is 0 Å². The van der Waals surface area contributed by atoms with Crippen LogP contribution in [0.25, 0.3) is 0 Å². The summed E-state index contributed by atoms with van der Waals surface area (Å²) in [6, 6.07) is 4.27. The van der Waals surface area contributed by atoms with Crippen LogP contribution in [-0.2, 0) is 15.3 Å². The quantitative estimate of drug-likeness (QED) is 0.895. The summed E-state index contributed by atoms with van der Waals surface area (Å²) in [4.78, 5) is -0.248. The van der Waals surface area contributed by atoms with Crippen LogP contribution in [0.2, 0.25) is 0 Å². The van der Waals surface area contributed by atoms with E-state index in [0.29, 0.717) is 0 Å². The maximum Gasteiger partial charge on any atom is 0.178 e. The Balaban J connectivity index is 2.46. The van der Waals surface area contributed by atoms with E-state index in [1.807, 2.05) is 6.92 Å². The highest BCUT2D eigenvalue weighted by atomic mass is 32.2. The number of halogens is 1. The third-order valence-electron chi connectivity index (χ3n) is 3.57. The molecule has 1 aromatic carbocycles. The van der Waals surface area contributed by atoms with E-state index in [1.165, 1.54) is 12.1 Å². The molecule has 0 aromatic heterocycles. The van der Waals surface area contributed by atoms with E-state index in [0.717, 1.165) is 24.7 Å². The third kappa shape index (κ3) is 2.09. The molecule has 1 unspecified atom stereocenters. The highest BCUT2D eigenvalue weighted by molar-refractivity contribution is 7.90. The van der Waals surface area contributed by atoms with Crippen molar-refractivity contribution in [3.05, 3.63) is 29.6 Å². The van der Waals surface area contributed by atoms with Crippen LogP contribution in [0.1, 0.15) is 25.3 Å². The molecule has 0 saturated heterocycles. The maximum atomic E-state index is 13.7. The van der Waals surface area contributed by atoms with Crippen molar-refractivity contribution in [2.45, 2.75) is 36.1 Å². The van der Waals surface area contributed by atoms with E-state index in [9.17, 15) is 12.8 Å². The summed E-state index contributed by atoms with van der Waals surface area (Å²) in [5, 5.41) is 0. The third-order valence-corrected chi connectivity index (χ3v) is 4.70. The molecule has 1 aromatic rings. The largest absolute Gasteiger partial charge is 0.327 e. The lowest BCUT2D eigenvalue weighted by molar-refractivity contribution is 0.539. The molecule has 0 radical (unpaired) electrons. The number of hydrogen-bond donors (Lipinski definition) is 1. The Morgan fingerprint density at radius 3 is 2.35 bits per heavy atom. The summed E-state index contributed by atoms with van der Waals surface area (Å²) in [5.74, 6) is -0.683. The molecule has 0 amide bonds. The first kappa shape index (κ1) is 12.5. The second-order valence-electron chi connectivity index (χ2n) is 4.86. The van der Waals surface area contributed by atoms with Crippen LogP contribution < -0.4 is 5.73 Å². The Kier molecular flexibility index (Phi) is 2.78. The molecule has 0 aliphatic heterocycles. The van der Waals surface area contributed by atoms with Gasteiger partial charge in [-0.25, -0.2) is 12.8 Å². The second-order valence-corrected chi connectivity index (χ2v) is 6.85. The summed E-state index contributed by atoms with van der Waals surface area (Å²) in [6.45, 7) is 1.90. The lowest BCUT2D eigenvalue weighted by Gasteiger charge is -2.20. The smallest absolute Gasteiger partial charge is 0.178 e. The highest BCUT2D eigenvalue weighted by Crippen LogP contribution is 2.50. The van der Waals surface area contributed by atoms with E-state index in [4.69, 9.17) is 5.73 Å². The van der Waals surface area contributed by atoms with Crippen LogP contribution in [0.3, 0.4) is 0 Å². The van der Waals surface area contributed by atoms with Gasteiger partial charge in [0.25, 0.3) is 0 Å². The minimum atomic E-state index is -3.50. The average molecular weight is 257 g/mol. The lowest BCUT2D eigenvalue weighted by atomic mass is 9.89. The van der Waals surface area contributed by atoms with Gasteiger partial charge in [-0.2, -0.15) is 0 Å². The van der Waals surface area contributed by atoms with Crippen LogP contribution in [0.15, 0.2) is 23.1 Å². The van der Waals surface area contributed by atoms with Gasteiger partial charge in [-0.1, -0.05) is 6.07 Å². The first-order chi connectivity index (χ1) is 7.77. The molecule has 0 spiro atoms. The first-order valence-corrected chi connectivity index (χ1v) is 7.42. The van der Waals surface area contributed by atoms with Gasteiger partial charge in [-0.05, 0) is 37.5 Å². The van der Waals surface area contributed by atoms with E-state index < -0.39 is 15.7 Å². The molecule has 1 aliphatic rings. The fourth-order valence-electron chi connectivity index (χ4n) is 2.25. The highest BCUT2D eigenvalue weighted by Gasteiger charge is 2.47. The molecular weight excluding hydrogens is 241 g/mol. The van der Waals surface area contributed by atoms with Crippen molar-refractivity contribution in [1.82, 2.24) is 0 Å². The minimum absolute atomic E-state index is 0.0500. The molecule has 0 heterocycles. The van der Waals surface area contributed by atoms with Crippen molar-refractivity contribution in [3.63, 3.8) is 0 Å². The summed E-state index contributed by atoms with van der Waals surface area (Å²) in [6.07, 6.45) is 2.87. The standard InChI is InChI=1S/C12H16FNO2S/c1-8(14)12(5-6-12)9-3-4-11(10(13)7-9)17(2,15)16/h3-4,7-8H,5-6,14H2,1-2H3. The topological polar surface area (TPSA) is 60.2 Å². The summed E-state index contributed by atoms with van der Waals surface area (Å²) >= 11 is 0. The lowest BCUT2D eigenvalue weighted by Crippen LogP contribution is -2.31. The van der Waals surface area contributed by atoms with Crippen molar-refractivity contribution in [3.8, 4) is 0 Å². The number of sulfone groups is 1. The maximum absolute atomic E-state index is 13.7. The van der Waals surface area contributed by atoms with Gasteiger partial charge in [-0.15, -0.1) is 0 Å². The normalized spacial score (nSPS) is 20.0. The van der Waals surface area contributed by atoms with Crippen LogP contribution in [0.4, 0.5) is 4.39 Å². The Morgan fingerprint density at radius 2 is 2.00 bits per heavy atom. The van der Waals surface area contributed by atoms with Crippen LogP contribution in [0, 0.1) is 5.82 Å². The molecule has 2 rings (SSSR count). The predicted octanol–water partition coefficient (Wildman–Crippen LogP) is 1.61. The van der Waals surface area contributed by atoms with E-state index in [2.05, 4.69) is 0 Å². The van der Waals surface area contributed by atoms with Gasteiger partial charge in [0.1, 0.15) is 10.7 Å². The number of hydrogen-bond acceptors (Lipinski definition) is 3. The van der Waals surface area contributed by atoms with Gasteiger partial charge in [0.15, 0.2) is 9.84 Å². The average Bonchev–Trinajstić information content (AvgIpc) is 2.95. The Hall–Kier alpha value is -0.940. The summed E-state index contributed by atoms with van der Waals surface area (Å²) in [5.41, 5.74) is 6.55. The van der Waals surface area contributed by atoms with Gasteiger partial charge in [0.2, 0.25) is 0 Å². The van der Waals surface area contributed by atoms with Gasteiger partial charge < -0.3 is 5.73 Å². The van der Waals surface area contributed by atoms with Gasteiger partial charge in [0.05, 0.1) is 0 Å². The SMILES string of the molecule is CC(N)C1(c2ccc(S(C)(=O)=O)c(F)c2)CC1. The fraction of sp³-hybridized carbons (Fsp3) is 0.500. The monoisotopic (exact) mass is 257 g/mol. The molecular formula is C12H16FNO2S. The van der Waals surface area contributed by atoms with Crippen molar-refractivity contribution in [1.29, 1.82) is 0 Å². The van der Waals surface area contributed by atoms with Crippen molar-refractivity contribution in [2.24, 2.45) is 5.73 Å². The van der Waals surface area contributed by atoms with E-state index in [1.54, 1.807) is 6.07 Å². The summed E-state index contributed by atoms with van der Waals surface area (Å²) < 4.78 is 36.3. The molecule has 0 bridgehead atoms. The molecule has 17 heavy (non-hydrogen) atoms. The van der Waals surface area contributed by atoms with E-state index in [-0.39, 0.29) is 16.4 Å². The van der Waals surface area contributed by atoms with Crippen molar-refractivity contribution < 1.29 is 12.8 Å². The molecule has 1 fully saturated rings. The zero-order valence-electron chi connectivity index (χ0n) is 9.90. The molecule has 5 heteroatoms. The molecule has 1 aliphatic carbocycles. The number of nitrogens with two attached hydrogens (primary N) is 1. The molecule has 94 valence electrons. The zero-order chi connectivity index (χ0) is 12.8. The van der Waals surface area contributed by atoms with Gasteiger partial charge >= 0.3 is 0 Å². The van der Waals surface area contributed by atoms with Crippen molar-refractivity contribution in [2.75, 3.05) is 6.26 Å². The van der Waals surface area contributed by atoms with Crippen molar-refractivity contribution >= 4 is 9.84 Å². The van der Waals surface area contributed by atoms with Crippen LogP contribution >= 0.6 is 0 Å². The Morgan fingerprint density at radius 1 is 1.41 bits per heavy atom. The van der Waals surface area contributed by atoms with Gasteiger partial charge in [0, 0.05) is 17.7 Å². The second kappa shape index (κ2) is 3.78. The summed E-state index contributed by atoms with van der Waals surface area (Å²) in [7, 11) is -3.50. The molecule has 1 atom stereocenters. The van der Waals surface area contributed by atoms with Crippen LogP contribution in [0.5, 0.6) is 0 Å². The predicted molar refractivity (Wildman–Crippen MR) is 64.1 cm³/mol. The number of benzene rings is 1. The first-order valence-electron chi connectivity index (χ1n) is 5.53. The van der Waals surface area contributed by atoms with Gasteiger partial charge in [-0.3, -0.25) is 0 Å². The molecule has 1 saturated carbocycles. The van der Waals surface area contributed by atoms with Crippen LogP contribution in [-0.4, -0.2) is 20.7 Å². The fourth-order valence-corrected chi connectivity index (χ4v) is 2.98. The Bertz CT molecular complexity index is 548. The zero-order valence-corrected chi connectivity index (χ0v) is 10.7. The molecule has 2 N–H and O–H groups in total. The molecule has 3 nitrogen and oxygen atoms in total.